The van der Waals surface area contributed by atoms with Gasteiger partial charge >= 0.3 is 5.97 Å². The SMILES string of the molecule is CCOC(=O)c1csc(-c2nc3ccccc3n2CCC(=O)Nc2ccccc2)n1. The van der Waals surface area contributed by atoms with Crippen molar-refractivity contribution in [3.63, 3.8) is 0 Å². The molecule has 0 bridgehead atoms. The summed E-state index contributed by atoms with van der Waals surface area (Å²) in [4.78, 5) is 33.5. The lowest BCUT2D eigenvalue weighted by Crippen LogP contribution is -2.15. The van der Waals surface area contributed by atoms with Crippen LogP contribution >= 0.6 is 11.3 Å². The van der Waals surface area contributed by atoms with Crippen molar-refractivity contribution in [2.24, 2.45) is 0 Å². The van der Waals surface area contributed by atoms with Gasteiger partial charge in [0.25, 0.3) is 0 Å². The zero-order valence-electron chi connectivity index (χ0n) is 16.4. The molecule has 0 aliphatic carbocycles. The molecule has 1 amide bonds. The fourth-order valence-corrected chi connectivity index (χ4v) is 3.88. The van der Waals surface area contributed by atoms with Crippen LogP contribution in [-0.4, -0.2) is 33.0 Å². The molecule has 4 rings (SSSR count). The summed E-state index contributed by atoms with van der Waals surface area (Å²) in [6.07, 6.45) is 0.276. The first kappa shape index (κ1) is 19.8. The van der Waals surface area contributed by atoms with Crippen LogP contribution < -0.4 is 5.32 Å². The van der Waals surface area contributed by atoms with Gasteiger partial charge in [-0.3, -0.25) is 4.79 Å². The van der Waals surface area contributed by atoms with Crippen molar-refractivity contribution in [1.29, 1.82) is 0 Å². The van der Waals surface area contributed by atoms with Crippen LogP contribution in [0, 0.1) is 0 Å². The van der Waals surface area contributed by atoms with Gasteiger partial charge in [-0.1, -0.05) is 30.3 Å². The minimum absolute atomic E-state index is 0.0868. The van der Waals surface area contributed by atoms with Crippen LogP contribution in [-0.2, 0) is 16.1 Å². The molecular weight excluding hydrogens is 400 g/mol. The molecule has 152 valence electrons. The molecule has 0 saturated heterocycles. The van der Waals surface area contributed by atoms with E-state index in [0.717, 1.165) is 16.7 Å². The third-order valence-corrected chi connectivity index (χ3v) is 5.29. The van der Waals surface area contributed by atoms with Crippen LogP contribution in [0.3, 0.4) is 0 Å². The Morgan fingerprint density at radius 1 is 1.07 bits per heavy atom. The molecule has 0 spiro atoms. The standard InChI is InChI=1S/C22H20N4O3S/c1-2-29-22(28)17-14-30-21(25-17)20-24-16-10-6-7-11-18(16)26(20)13-12-19(27)23-15-8-4-3-5-9-15/h3-11,14H,2,12-13H2,1H3,(H,23,27). The Kier molecular flexibility index (Phi) is 5.85. The third kappa shape index (κ3) is 4.23. The van der Waals surface area contributed by atoms with Crippen LogP contribution in [0.4, 0.5) is 5.69 Å². The van der Waals surface area contributed by atoms with E-state index in [-0.39, 0.29) is 18.0 Å². The van der Waals surface area contributed by atoms with Gasteiger partial charge < -0.3 is 14.6 Å². The molecule has 7 nitrogen and oxygen atoms in total. The lowest BCUT2D eigenvalue weighted by molar-refractivity contribution is -0.116. The van der Waals surface area contributed by atoms with Gasteiger partial charge in [-0.15, -0.1) is 11.3 Å². The summed E-state index contributed by atoms with van der Waals surface area (Å²) in [7, 11) is 0. The molecule has 2 aromatic carbocycles. The zero-order chi connectivity index (χ0) is 20.9. The molecule has 0 aliphatic heterocycles. The number of anilines is 1. The van der Waals surface area contributed by atoms with E-state index in [2.05, 4.69) is 10.3 Å². The number of imidazole rings is 1. The van der Waals surface area contributed by atoms with Crippen molar-refractivity contribution >= 4 is 39.9 Å². The number of aryl methyl sites for hydroxylation is 1. The summed E-state index contributed by atoms with van der Waals surface area (Å²) in [5, 5.41) is 5.17. The zero-order valence-corrected chi connectivity index (χ0v) is 17.2. The third-order valence-electron chi connectivity index (χ3n) is 4.45. The Labute approximate surface area is 177 Å². The van der Waals surface area contributed by atoms with E-state index in [1.165, 1.54) is 11.3 Å². The largest absolute Gasteiger partial charge is 0.461 e. The average Bonchev–Trinajstić information content (AvgIpc) is 3.38. The number of benzene rings is 2. The highest BCUT2D eigenvalue weighted by Gasteiger charge is 2.19. The van der Waals surface area contributed by atoms with Crippen molar-refractivity contribution < 1.29 is 14.3 Å². The van der Waals surface area contributed by atoms with Crippen LogP contribution in [0.1, 0.15) is 23.8 Å². The van der Waals surface area contributed by atoms with Crippen LogP contribution in [0.15, 0.2) is 60.0 Å². The number of ether oxygens (including phenoxy) is 1. The number of carbonyl (C=O) groups excluding carboxylic acids is 2. The smallest absolute Gasteiger partial charge is 0.357 e. The summed E-state index contributed by atoms with van der Waals surface area (Å²) in [5.74, 6) is 0.0884. The normalized spacial score (nSPS) is 10.8. The Morgan fingerprint density at radius 3 is 2.63 bits per heavy atom. The number of carbonyl (C=O) groups is 2. The van der Waals surface area contributed by atoms with Gasteiger partial charge in [0, 0.05) is 24.0 Å². The van der Waals surface area contributed by atoms with Crippen LogP contribution in [0.5, 0.6) is 0 Å². The summed E-state index contributed by atoms with van der Waals surface area (Å²) < 4.78 is 6.99. The van der Waals surface area contributed by atoms with E-state index in [1.54, 1.807) is 12.3 Å². The van der Waals surface area contributed by atoms with Crippen molar-refractivity contribution in [2.75, 3.05) is 11.9 Å². The highest BCUT2D eigenvalue weighted by atomic mass is 32.1. The minimum atomic E-state index is -0.454. The molecule has 0 aliphatic rings. The lowest BCUT2D eigenvalue weighted by atomic mass is 10.3. The molecule has 0 radical (unpaired) electrons. The number of rotatable bonds is 7. The summed E-state index contributed by atoms with van der Waals surface area (Å²) in [6.45, 7) is 2.48. The average molecular weight is 420 g/mol. The van der Waals surface area contributed by atoms with Gasteiger partial charge in [-0.2, -0.15) is 0 Å². The maximum Gasteiger partial charge on any atom is 0.357 e. The molecule has 1 N–H and O–H groups in total. The Balaban J connectivity index is 1.59. The van der Waals surface area contributed by atoms with Gasteiger partial charge in [-0.05, 0) is 31.2 Å². The van der Waals surface area contributed by atoms with E-state index in [1.807, 2.05) is 59.2 Å². The number of nitrogens with one attached hydrogen (secondary N) is 1. The molecule has 0 saturated carbocycles. The van der Waals surface area contributed by atoms with Gasteiger partial charge in [0.05, 0.1) is 17.6 Å². The second kappa shape index (κ2) is 8.87. The van der Waals surface area contributed by atoms with Crippen LogP contribution in [0.25, 0.3) is 21.9 Å². The Hall–Kier alpha value is -3.52. The molecule has 4 aromatic rings. The van der Waals surface area contributed by atoms with Crippen molar-refractivity contribution in [1.82, 2.24) is 14.5 Å². The maximum absolute atomic E-state index is 12.4. The number of para-hydroxylation sites is 3. The van der Waals surface area contributed by atoms with Gasteiger partial charge in [0.15, 0.2) is 16.5 Å². The molecule has 2 heterocycles. The van der Waals surface area contributed by atoms with E-state index in [9.17, 15) is 9.59 Å². The van der Waals surface area contributed by atoms with E-state index < -0.39 is 5.97 Å². The van der Waals surface area contributed by atoms with Crippen LogP contribution in [0.2, 0.25) is 0 Å². The Bertz CT molecular complexity index is 1180. The fourth-order valence-electron chi connectivity index (χ4n) is 3.10. The second-order valence-corrected chi connectivity index (χ2v) is 7.36. The topological polar surface area (TPSA) is 86.1 Å². The number of esters is 1. The second-order valence-electron chi connectivity index (χ2n) is 6.50. The first-order chi connectivity index (χ1) is 14.7. The van der Waals surface area contributed by atoms with Crippen molar-refractivity contribution in [3.05, 3.63) is 65.7 Å². The number of amides is 1. The molecule has 0 fully saturated rings. The Morgan fingerprint density at radius 2 is 1.83 bits per heavy atom. The quantitative estimate of drug-likeness (QED) is 0.449. The first-order valence-electron chi connectivity index (χ1n) is 9.59. The number of hydrogen-bond acceptors (Lipinski definition) is 6. The predicted octanol–water partition coefficient (Wildman–Crippen LogP) is 4.37. The fraction of sp³-hybridized carbons (Fsp3) is 0.182. The predicted molar refractivity (Wildman–Crippen MR) is 116 cm³/mol. The molecule has 0 unspecified atom stereocenters. The molecule has 8 heteroatoms. The number of fused-ring (bicyclic) bond motifs is 1. The van der Waals surface area contributed by atoms with E-state index in [4.69, 9.17) is 9.72 Å². The number of aromatic nitrogens is 3. The first-order valence-corrected chi connectivity index (χ1v) is 10.5. The molecule has 0 atom stereocenters. The highest BCUT2D eigenvalue weighted by Crippen LogP contribution is 2.28. The number of nitrogens with zero attached hydrogens (tertiary/aromatic N) is 3. The molecular formula is C22H20N4O3S. The summed E-state index contributed by atoms with van der Waals surface area (Å²) >= 11 is 1.33. The van der Waals surface area contributed by atoms with Gasteiger partial charge in [0.1, 0.15) is 0 Å². The van der Waals surface area contributed by atoms with Gasteiger partial charge in [-0.25, -0.2) is 14.8 Å². The van der Waals surface area contributed by atoms with Gasteiger partial charge in [0.2, 0.25) is 5.91 Å². The summed E-state index contributed by atoms with van der Waals surface area (Å²) in [5.41, 5.74) is 2.74. The number of hydrogen-bond donors (Lipinski definition) is 1. The van der Waals surface area contributed by atoms with Crippen molar-refractivity contribution in [2.45, 2.75) is 19.9 Å². The summed E-state index contributed by atoms with van der Waals surface area (Å²) in [6, 6.07) is 17.1. The maximum atomic E-state index is 12.4. The van der Waals surface area contributed by atoms with E-state index in [0.29, 0.717) is 24.0 Å². The lowest BCUT2D eigenvalue weighted by Gasteiger charge is -2.09. The van der Waals surface area contributed by atoms with Crippen molar-refractivity contribution in [3.8, 4) is 10.8 Å². The molecule has 30 heavy (non-hydrogen) atoms. The minimum Gasteiger partial charge on any atom is -0.461 e. The monoisotopic (exact) mass is 420 g/mol. The number of thiazole rings is 1. The highest BCUT2D eigenvalue weighted by molar-refractivity contribution is 7.13. The molecule has 2 aromatic heterocycles. The van der Waals surface area contributed by atoms with E-state index >= 15 is 0 Å².